The molecule has 0 aliphatic carbocycles. The van der Waals surface area contributed by atoms with E-state index in [0.717, 1.165) is 16.8 Å². The maximum Gasteiger partial charge on any atom is 0.147 e. The first kappa shape index (κ1) is 10.3. The number of rotatable bonds is 3. The SMILES string of the molecule is Cc1cccc(CC(=O)CBr)c1N. The summed E-state index contributed by atoms with van der Waals surface area (Å²) in [5.74, 6) is 0.150. The van der Waals surface area contributed by atoms with Crippen molar-refractivity contribution >= 4 is 27.4 Å². The van der Waals surface area contributed by atoms with Gasteiger partial charge < -0.3 is 5.73 Å². The molecule has 0 spiro atoms. The third kappa shape index (κ3) is 2.56. The normalized spacial score (nSPS) is 10.0. The summed E-state index contributed by atoms with van der Waals surface area (Å²) in [7, 11) is 0. The molecule has 70 valence electrons. The van der Waals surface area contributed by atoms with Gasteiger partial charge in [-0.25, -0.2) is 0 Å². The molecule has 0 atom stereocenters. The minimum Gasteiger partial charge on any atom is -0.398 e. The molecule has 0 unspecified atom stereocenters. The lowest BCUT2D eigenvalue weighted by atomic mass is 10.0. The van der Waals surface area contributed by atoms with E-state index in [1.807, 2.05) is 25.1 Å². The number of benzene rings is 1. The van der Waals surface area contributed by atoms with Crippen molar-refractivity contribution in [3.63, 3.8) is 0 Å². The molecule has 0 aliphatic heterocycles. The molecule has 0 aliphatic rings. The fourth-order valence-electron chi connectivity index (χ4n) is 1.16. The second-order valence-electron chi connectivity index (χ2n) is 3.00. The van der Waals surface area contributed by atoms with Crippen molar-refractivity contribution in [3.05, 3.63) is 29.3 Å². The summed E-state index contributed by atoms with van der Waals surface area (Å²) in [4.78, 5) is 11.1. The maximum absolute atomic E-state index is 11.1. The molecular formula is C10H12BrNO. The number of alkyl halides is 1. The van der Waals surface area contributed by atoms with Crippen LogP contribution in [0.25, 0.3) is 0 Å². The molecule has 3 heteroatoms. The van der Waals surface area contributed by atoms with Gasteiger partial charge in [0.15, 0.2) is 0 Å². The van der Waals surface area contributed by atoms with Crippen LogP contribution < -0.4 is 5.73 Å². The fourth-order valence-corrected chi connectivity index (χ4v) is 1.35. The molecule has 0 fully saturated rings. The highest BCUT2D eigenvalue weighted by Crippen LogP contribution is 2.17. The summed E-state index contributed by atoms with van der Waals surface area (Å²) >= 11 is 3.12. The Kier molecular flexibility index (Phi) is 3.48. The summed E-state index contributed by atoms with van der Waals surface area (Å²) in [6.07, 6.45) is 0.415. The fraction of sp³-hybridized carbons (Fsp3) is 0.300. The van der Waals surface area contributed by atoms with Gasteiger partial charge in [0, 0.05) is 12.1 Å². The van der Waals surface area contributed by atoms with Gasteiger partial charge >= 0.3 is 0 Å². The van der Waals surface area contributed by atoms with Crippen LogP contribution in [0.15, 0.2) is 18.2 Å². The Morgan fingerprint density at radius 2 is 2.23 bits per heavy atom. The van der Waals surface area contributed by atoms with Gasteiger partial charge in [-0.1, -0.05) is 34.1 Å². The van der Waals surface area contributed by atoms with E-state index in [4.69, 9.17) is 5.73 Å². The Balaban J connectivity index is 2.89. The Bertz CT molecular complexity index is 323. The predicted molar refractivity (Wildman–Crippen MR) is 58.1 cm³/mol. The molecule has 2 nitrogen and oxygen atoms in total. The molecule has 0 heterocycles. The molecule has 0 saturated heterocycles. The Labute approximate surface area is 86.3 Å². The summed E-state index contributed by atoms with van der Waals surface area (Å²) in [6, 6.07) is 5.75. The average Bonchev–Trinajstić information content (AvgIpc) is 2.13. The Hall–Kier alpha value is -0.830. The zero-order valence-electron chi connectivity index (χ0n) is 7.51. The quantitative estimate of drug-likeness (QED) is 0.651. The summed E-state index contributed by atoms with van der Waals surface area (Å²) in [6.45, 7) is 1.94. The second-order valence-corrected chi connectivity index (χ2v) is 3.56. The lowest BCUT2D eigenvalue weighted by Crippen LogP contribution is -2.06. The number of para-hydroxylation sites is 1. The third-order valence-corrected chi connectivity index (χ3v) is 2.58. The van der Waals surface area contributed by atoms with E-state index in [9.17, 15) is 4.79 Å². The minimum absolute atomic E-state index is 0.150. The van der Waals surface area contributed by atoms with Gasteiger partial charge in [0.05, 0.1) is 5.33 Å². The molecule has 1 aromatic rings. The number of Topliss-reactive ketones (excluding diaryl/α,β-unsaturated/α-hetero) is 1. The molecular weight excluding hydrogens is 230 g/mol. The zero-order chi connectivity index (χ0) is 9.84. The first-order valence-electron chi connectivity index (χ1n) is 4.06. The van der Waals surface area contributed by atoms with E-state index in [1.165, 1.54) is 0 Å². The topological polar surface area (TPSA) is 43.1 Å². The van der Waals surface area contributed by atoms with Crippen LogP contribution in [0, 0.1) is 6.92 Å². The van der Waals surface area contributed by atoms with Crippen LogP contribution in [0.5, 0.6) is 0 Å². The van der Waals surface area contributed by atoms with Crippen LogP contribution in [-0.2, 0) is 11.2 Å². The van der Waals surface area contributed by atoms with Gasteiger partial charge in [-0.15, -0.1) is 0 Å². The number of carbonyl (C=O) groups is 1. The number of aryl methyl sites for hydroxylation is 1. The van der Waals surface area contributed by atoms with Crippen molar-refractivity contribution in [2.75, 3.05) is 11.1 Å². The van der Waals surface area contributed by atoms with E-state index in [1.54, 1.807) is 0 Å². The number of ketones is 1. The highest BCUT2D eigenvalue weighted by Gasteiger charge is 2.05. The van der Waals surface area contributed by atoms with E-state index >= 15 is 0 Å². The number of nitrogens with two attached hydrogens (primary N) is 1. The highest BCUT2D eigenvalue weighted by molar-refractivity contribution is 9.09. The minimum atomic E-state index is 0.150. The molecule has 0 radical (unpaired) electrons. The van der Waals surface area contributed by atoms with Crippen LogP contribution in [0.4, 0.5) is 5.69 Å². The number of hydrogen-bond acceptors (Lipinski definition) is 2. The van der Waals surface area contributed by atoms with Crippen molar-refractivity contribution < 1.29 is 4.79 Å². The number of hydrogen-bond donors (Lipinski definition) is 1. The zero-order valence-corrected chi connectivity index (χ0v) is 9.10. The number of halogens is 1. The second kappa shape index (κ2) is 4.42. The van der Waals surface area contributed by atoms with Gasteiger partial charge in [-0.05, 0) is 18.1 Å². The molecule has 2 N–H and O–H groups in total. The average molecular weight is 242 g/mol. The highest BCUT2D eigenvalue weighted by atomic mass is 79.9. The van der Waals surface area contributed by atoms with E-state index in [-0.39, 0.29) is 5.78 Å². The number of nitrogen functional groups attached to an aromatic ring is 1. The number of carbonyl (C=O) groups excluding carboxylic acids is 1. The van der Waals surface area contributed by atoms with Crippen molar-refractivity contribution in [3.8, 4) is 0 Å². The maximum atomic E-state index is 11.1. The van der Waals surface area contributed by atoms with E-state index in [0.29, 0.717) is 11.8 Å². The predicted octanol–water partition coefficient (Wildman–Crippen LogP) is 2.08. The van der Waals surface area contributed by atoms with Crippen LogP contribution in [-0.4, -0.2) is 11.1 Å². The van der Waals surface area contributed by atoms with Crippen LogP contribution in [0.2, 0.25) is 0 Å². The summed E-state index contributed by atoms with van der Waals surface area (Å²) in [5, 5.41) is 0.389. The van der Waals surface area contributed by atoms with Gasteiger partial charge in [0.2, 0.25) is 0 Å². The molecule has 1 aromatic carbocycles. The smallest absolute Gasteiger partial charge is 0.147 e. The van der Waals surface area contributed by atoms with Crippen molar-refractivity contribution in [2.45, 2.75) is 13.3 Å². The Morgan fingerprint density at radius 3 is 2.85 bits per heavy atom. The van der Waals surface area contributed by atoms with Crippen molar-refractivity contribution in [1.29, 1.82) is 0 Å². The molecule has 0 aromatic heterocycles. The first-order chi connectivity index (χ1) is 6.15. The summed E-state index contributed by atoms with van der Waals surface area (Å²) in [5.41, 5.74) is 8.50. The van der Waals surface area contributed by atoms with E-state index < -0.39 is 0 Å². The lowest BCUT2D eigenvalue weighted by Gasteiger charge is -2.06. The molecule has 0 bridgehead atoms. The van der Waals surface area contributed by atoms with Crippen LogP contribution in [0.1, 0.15) is 11.1 Å². The van der Waals surface area contributed by atoms with Gasteiger partial charge in [-0.2, -0.15) is 0 Å². The molecule has 0 saturated carbocycles. The van der Waals surface area contributed by atoms with E-state index in [2.05, 4.69) is 15.9 Å². The Morgan fingerprint density at radius 1 is 1.54 bits per heavy atom. The lowest BCUT2D eigenvalue weighted by molar-refractivity contribution is -0.115. The summed E-state index contributed by atoms with van der Waals surface area (Å²) < 4.78 is 0. The largest absolute Gasteiger partial charge is 0.398 e. The van der Waals surface area contributed by atoms with Gasteiger partial charge in [0.1, 0.15) is 5.78 Å². The molecule has 13 heavy (non-hydrogen) atoms. The monoisotopic (exact) mass is 241 g/mol. The first-order valence-corrected chi connectivity index (χ1v) is 5.19. The van der Waals surface area contributed by atoms with Crippen molar-refractivity contribution in [2.24, 2.45) is 0 Å². The molecule has 0 amide bonds. The van der Waals surface area contributed by atoms with Gasteiger partial charge in [0.25, 0.3) is 0 Å². The van der Waals surface area contributed by atoms with Crippen LogP contribution >= 0.6 is 15.9 Å². The number of anilines is 1. The van der Waals surface area contributed by atoms with Crippen LogP contribution in [0.3, 0.4) is 0 Å². The molecule has 1 rings (SSSR count). The standard InChI is InChI=1S/C10H12BrNO/c1-7-3-2-4-8(10(7)12)5-9(13)6-11/h2-4H,5-6,12H2,1H3. The third-order valence-electron chi connectivity index (χ3n) is 1.95. The van der Waals surface area contributed by atoms with Gasteiger partial charge in [-0.3, -0.25) is 4.79 Å². The van der Waals surface area contributed by atoms with Crippen molar-refractivity contribution in [1.82, 2.24) is 0 Å².